The van der Waals surface area contributed by atoms with Crippen molar-refractivity contribution in [3.8, 4) is 0 Å². The van der Waals surface area contributed by atoms with Gasteiger partial charge in [-0.05, 0) is 19.1 Å². The highest BCUT2D eigenvalue weighted by Gasteiger charge is 2.05. The molecule has 4 heteroatoms. The maximum Gasteiger partial charge on any atom is 0.347 e. The zero-order valence-corrected chi connectivity index (χ0v) is 8.19. The Labute approximate surface area is 85.2 Å². The molecule has 4 nitrogen and oxygen atoms in total. The molecular weight excluding hydrogens is 190 g/mol. The summed E-state index contributed by atoms with van der Waals surface area (Å²) in [5, 5.41) is 5.15. The fourth-order valence-electron chi connectivity index (χ4n) is 1.83. The summed E-state index contributed by atoms with van der Waals surface area (Å²) >= 11 is 0. The summed E-state index contributed by atoms with van der Waals surface area (Å²) in [5.41, 5.74) is 2.34. The molecule has 1 N–H and O–H groups in total. The molecule has 0 unspecified atom stereocenters. The molecule has 15 heavy (non-hydrogen) atoms. The topological polar surface area (TPSA) is 50.2 Å². The van der Waals surface area contributed by atoms with Crippen molar-refractivity contribution in [2.75, 3.05) is 0 Å². The SMILES string of the molecule is Cc1cc2c3ccccc3[nH]c(=O)n2n1. The molecule has 0 spiro atoms. The Morgan fingerprint density at radius 3 is 3.00 bits per heavy atom. The van der Waals surface area contributed by atoms with E-state index < -0.39 is 0 Å². The Bertz CT molecular complexity index is 708. The number of para-hydroxylation sites is 1. The first kappa shape index (κ1) is 8.23. The molecule has 3 rings (SSSR count). The summed E-state index contributed by atoms with van der Waals surface area (Å²) in [6.07, 6.45) is 0. The molecule has 1 aromatic carbocycles. The van der Waals surface area contributed by atoms with Gasteiger partial charge < -0.3 is 4.98 Å². The third kappa shape index (κ3) is 1.08. The average Bonchev–Trinajstić information content (AvgIpc) is 2.61. The van der Waals surface area contributed by atoms with E-state index in [1.54, 1.807) is 0 Å². The van der Waals surface area contributed by atoms with Crippen LogP contribution in [0.15, 0.2) is 35.1 Å². The van der Waals surface area contributed by atoms with Crippen molar-refractivity contribution in [3.05, 3.63) is 46.5 Å². The highest BCUT2D eigenvalue weighted by molar-refractivity contribution is 5.92. The lowest BCUT2D eigenvalue weighted by molar-refractivity contribution is 0.864. The molecule has 0 aliphatic carbocycles. The number of H-pyrrole nitrogens is 1. The zero-order valence-electron chi connectivity index (χ0n) is 8.19. The third-order valence-corrected chi connectivity index (χ3v) is 2.47. The molecular formula is C11H9N3O. The van der Waals surface area contributed by atoms with Crippen LogP contribution < -0.4 is 5.69 Å². The van der Waals surface area contributed by atoms with Gasteiger partial charge in [-0.15, -0.1) is 0 Å². The van der Waals surface area contributed by atoms with Gasteiger partial charge >= 0.3 is 5.69 Å². The lowest BCUT2D eigenvalue weighted by atomic mass is 10.2. The van der Waals surface area contributed by atoms with Crippen LogP contribution in [0.1, 0.15) is 5.69 Å². The molecule has 0 fully saturated rings. The van der Waals surface area contributed by atoms with Gasteiger partial charge in [0.25, 0.3) is 0 Å². The second-order valence-electron chi connectivity index (χ2n) is 3.56. The quantitative estimate of drug-likeness (QED) is 0.596. The van der Waals surface area contributed by atoms with Gasteiger partial charge in [-0.3, -0.25) is 0 Å². The smallest absolute Gasteiger partial charge is 0.305 e. The van der Waals surface area contributed by atoms with Gasteiger partial charge in [0, 0.05) is 5.39 Å². The Hall–Kier alpha value is -2.10. The largest absolute Gasteiger partial charge is 0.347 e. The summed E-state index contributed by atoms with van der Waals surface area (Å²) < 4.78 is 1.40. The van der Waals surface area contributed by atoms with E-state index in [1.807, 2.05) is 37.3 Å². The second kappa shape index (κ2) is 2.70. The standard InChI is InChI=1S/C11H9N3O/c1-7-6-10-8-4-2-3-5-9(8)12-11(15)14(10)13-7/h2-6H,1H3,(H,12,15). The highest BCUT2D eigenvalue weighted by atomic mass is 16.1. The van der Waals surface area contributed by atoms with Gasteiger partial charge in [-0.2, -0.15) is 9.61 Å². The second-order valence-corrected chi connectivity index (χ2v) is 3.56. The first-order chi connectivity index (χ1) is 7.25. The lowest BCUT2D eigenvalue weighted by Gasteiger charge is -1.98. The number of hydrogen-bond donors (Lipinski definition) is 1. The van der Waals surface area contributed by atoms with Crippen molar-refractivity contribution < 1.29 is 0 Å². The van der Waals surface area contributed by atoms with Crippen molar-refractivity contribution in [2.45, 2.75) is 6.92 Å². The fraction of sp³-hybridized carbons (Fsp3) is 0.0909. The molecule has 0 saturated carbocycles. The first-order valence-corrected chi connectivity index (χ1v) is 4.73. The van der Waals surface area contributed by atoms with Crippen molar-refractivity contribution in [1.29, 1.82) is 0 Å². The van der Waals surface area contributed by atoms with Gasteiger partial charge in [-0.1, -0.05) is 18.2 Å². The number of aromatic amines is 1. The molecule has 0 atom stereocenters. The first-order valence-electron chi connectivity index (χ1n) is 4.73. The Kier molecular flexibility index (Phi) is 1.48. The number of benzene rings is 1. The number of nitrogens with one attached hydrogen (secondary N) is 1. The van der Waals surface area contributed by atoms with Gasteiger partial charge in [0.05, 0.1) is 16.7 Å². The van der Waals surface area contributed by atoms with E-state index in [2.05, 4.69) is 10.1 Å². The predicted molar refractivity (Wildman–Crippen MR) is 58.1 cm³/mol. The summed E-state index contributed by atoms with van der Waals surface area (Å²) in [7, 11) is 0. The van der Waals surface area contributed by atoms with E-state index in [1.165, 1.54) is 4.52 Å². The molecule has 0 amide bonds. The number of nitrogens with zero attached hydrogens (tertiary/aromatic N) is 2. The third-order valence-electron chi connectivity index (χ3n) is 2.47. The Morgan fingerprint density at radius 2 is 2.13 bits per heavy atom. The normalized spacial score (nSPS) is 11.3. The molecule has 0 aliphatic rings. The van der Waals surface area contributed by atoms with Gasteiger partial charge in [0.1, 0.15) is 0 Å². The van der Waals surface area contributed by atoms with Gasteiger partial charge in [0.15, 0.2) is 0 Å². The Morgan fingerprint density at radius 1 is 1.33 bits per heavy atom. The minimum Gasteiger partial charge on any atom is -0.305 e. The maximum atomic E-state index is 11.7. The van der Waals surface area contributed by atoms with Crippen molar-refractivity contribution >= 4 is 16.4 Å². The van der Waals surface area contributed by atoms with E-state index in [9.17, 15) is 4.79 Å². The monoisotopic (exact) mass is 199 g/mol. The van der Waals surface area contributed by atoms with Gasteiger partial charge in [-0.25, -0.2) is 4.79 Å². The van der Waals surface area contributed by atoms with Crippen molar-refractivity contribution in [2.24, 2.45) is 0 Å². The van der Waals surface area contributed by atoms with Crippen LogP contribution in [0, 0.1) is 6.92 Å². The summed E-state index contributed by atoms with van der Waals surface area (Å²) in [5.74, 6) is 0. The highest BCUT2D eigenvalue weighted by Crippen LogP contribution is 2.16. The molecule has 2 aromatic heterocycles. The van der Waals surface area contributed by atoms with Gasteiger partial charge in [0.2, 0.25) is 0 Å². The molecule has 2 heterocycles. The summed E-state index contributed by atoms with van der Waals surface area (Å²) in [6.45, 7) is 1.88. The minimum atomic E-state index is -0.197. The molecule has 0 saturated heterocycles. The number of hydrogen-bond acceptors (Lipinski definition) is 2. The van der Waals surface area contributed by atoms with Crippen LogP contribution in [0.4, 0.5) is 0 Å². The zero-order chi connectivity index (χ0) is 10.4. The van der Waals surface area contributed by atoms with E-state index in [0.29, 0.717) is 0 Å². The van der Waals surface area contributed by atoms with E-state index >= 15 is 0 Å². The molecule has 0 radical (unpaired) electrons. The van der Waals surface area contributed by atoms with Crippen LogP contribution in [-0.2, 0) is 0 Å². The molecule has 74 valence electrons. The minimum absolute atomic E-state index is 0.197. The summed E-state index contributed by atoms with van der Waals surface area (Å²) in [4.78, 5) is 14.4. The van der Waals surface area contributed by atoms with Crippen LogP contribution in [0.2, 0.25) is 0 Å². The summed E-state index contributed by atoms with van der Waals surface area (Å²) in [6, 6.07) is 9.62. The van der Waals surface area contributed by atoms with Crippen LogP contribution in [0.3, 0.4) is 0 Å². The van der Waals surface area contributed by atoms with E-state index in [4.69, 9.17) is 0 Å². The van der Waals surface area contributed by atoms with Crippen LogP contribution in [0.25, 0.3) is 16.4 Å². The number of aromatic nitrogens is 3. The fourth-order valence-corrected chi connectivity index (χ4v) is 1.83. The van der Waals surface area contributed by atoms with Crippen LogP contribution in [-0.4, -0.2) is 14.6 Å². The maximum absolute atomic E-state index is 11.7. The lowest BCUT2D eigenvalue weighted by Crippen LogP contribution is -2.17. The molecule has 0 bridgehead atoms. The number of fused-ring (bicyclic) bond motifs is 3. The molecule has 3 aromatic rings. The van der Waals surface area contributed by atoms with Crippen molar-refractivity contribution in [3.63, 3.8) is 0 Å². The van der Waals surface area contributed by atoms with E-state index in [0.717, 1.165) is 22.1 Å². The predicted octanol–water partition coefficient (Wildman–Crippen LogP) is 1.48. The molecule has 0 aliphatic heterocycles. The number of aryl methyl sites for hydroxylation is 1. The average molecular weight is 199 g/mol. The van der Waals surface area contributed by atoms with Crippen molar-refractivity contribution in [1.82, 2.24) is 14.6 Å². The van der Waals surface area contributed by atoms with Crippen LogP contribution >= 0.6 is 0 Å². The van der Waals surface area contributed by atoms with Crippen LogP contribution in [0.5, 0.6) is 0 Å². The Balaban J connectivity index is 2.69. The number of rotatable bonds is 0. The van der Waals surface area contributed by atoms with E-state index in [-0.39, 0.29) is 5.69 Å².